The summed E-state index contributed by atoms with van der Waals surface area (Å²) in [5, 5.41) is 5.64. The second-order valence-corrected chi connectivity index (χ2v) is 10.3. The number of hydrogen-bond acceptors (Lipinski definition) is 5. The van der Waals surface area contributed by atoms with Gasteiger partial charge in [-0.25, -0.2) is 9.59 Å². The lowest BCUT2D eigenvalue weighted by Crippen LogP contribution is -2.51. The third-order valence-corrected chi connectivity index (χ3v) is 7.08. The average molecular weight is 457 g/mol. The highest BCUT2D eigenvalue weighted by Gasteiger charge is 2.53. The highest BCUT2D eigenvalue weighted by Crippen LogP contribution is 2.43. The third kappa shape index (κ3) is 4.67. The van der Waals surface area contributed by atoms with Gasteiger partial charge in [0.2, 0.25) is 5.91 Å². The van der Waals surface area contributed by atoms with Crippen molar-refractivity contribution >= 4 is 29.6 Å². The lowest BCUT2D eigenvalue weighted by atomic mass is 9.67. The van der Waals surface area contributed by atoms with Crippen LogP contribution in [0.15, 0.2) is 24.3 Å². The monoisotopic (exact) mass is 456 g/mol. The fourth-order valence-corrected chi connectivity index (χ4v) is 5.00. The van der Waals surface area contributed by atoms with Gasteiger partial charge in [0, 0.05) is 12.2 Å². The molecule has 9 heteroatoms. The van der Waals surface area contributed by atoms with Crippen molar-refractivity contribution in [1.29, 1.82) is 0 Å². The van der Waals surface area contributed by atoms with E-state index in [9.17, 15) is 19.2 Å². The molecule has 0 atom stereocenters. The zero-order chi connectivity index (χ0) is 23.8. The Hall–Kier alpha value is -3.10. The summed E-state index contributed by atoms with van der Waals surface area (Å²) in [6.45, 7) is 7.35. The first kappa shape index (κ1) is 23.1. The summed E-state index contributed by atoms with van der Waals surface area (Å²) in [5.41, 5.74) is 0.790. The summed E-state index contributed by atoms with van der Waals surface area (Å²) in [6.07, 6.45) is 2.56. The molecule has 0 bridgehead atoms. The first-order valence-electron chi connectivity index (χ1n) is 11.5. The topological polar surface area (TPSA) is 108 Å². The zero-order valence-corrected chi connectivity index (χ0v) is 19.5. The number of ether oxygens (including phenoxy) is 1. The van der Waals surface area contributed by atoms with Crippen LogP contribution in [0.1, 0.15) is 52.0 Å². The molecule has 2 N–H and O–H groups in total. The van der Waals surface area contributed by atoms with Crippen molar-refractivity contribution in [3.63, 3.8) is 0 Å². The van der Waals surface area contributed by atoms with Crippen molar-refractivity contribution in [1.82, 2.24) is 15.5 Å². The van der Waals surface area contributed by atoms with Crippen LogP contribution in [0.5, 0.6) is 0 Å². The Labute approximate surface area is 193 Å². The van der Waals surface area contributed by atoms with Crippen molar-refractivity contribution in [2.75, 3.05) is 24.6 Å². The molecular formula is C24H32N4O5. The molecule has 1 aromatic carbocycles. The van der Waals surface area contributed by atoms with E-state index in [2.05, 4.69) is 31.4 Å². The van der Waals surface area contributed by atoms with Crippen LogP contribution in [0.4, 0.5) is 15.3 Å². The number of imide groups is 1. The number of nitrogens with zero attached hydrogens (tertiary/aromatic N) is 2. The van der Waals surface area contributed by atoms with Crippen molar-refractivity contribution < 1.29 is 23.9 Å². The molecule has 3 fully saturated rings. The van der Waals surface area contributed by atoms with Gasteiger partial charge in [-0.3, -0.25) is 19.4 Å². The standard InChI is InChI=1S/C24H32N4O5/c1-23(2,3)17-7-9-24(10-8-17)20(30)28(21(31)26-24)15-19(29)25-14-16-5-4-6-18(13-16)27-11-12-33-22(27)32/h4-6,13,17H,7-12,14-15H2,1-3H3,(H,25,29)(H,26,31). The number of carbonyl (C=O) groups is 4. The van der Waals surface area contributed by atoms with E-state index >= 15 is 0 Å². The predicted molar refractivity (Wildman–Crippen MR) is 121 cm³/mol. The van der Waals surface area contributed by atoms with Gasteiger partial charge >= 0.3 is 12.1 Å². The van der Waals surface area contributed by atoms with E-state index in [1.807, 2.05) is 12.1 Å². The van der Waals surface area contributed by atoms with Gasteiger partial charge in [0.25, 0.3) is 5.91 Å². The van der Waals surface area contributed by atoms with Crippen molar-refractivity contribution in [3.8, 4) is 0 Å². The molecule has 2 saturated heterocycles. The molecule has 1 saturated carbocycles. The second kappa shape index (κ2) is 8.68. The summed E-state index contributed by atoms with van der Waals surface area (Å²) in [7, 11) is 0. The molecule has 9 nitrogen and oxygen atoms in total. The molecule has 0 unspecified atom stereocenters. The van der Waals surface area contributed by atoms with Crippen LogP contribution in [0.2, 0.25) is 0 Å². The van der Waals surface area contributed by atoms with E-state index in [4.69, 9.17) is 4.74 Å². The largest absolute Gasteiger partial charge is 0.447 e. The van der Waals surface area contributed by atoms with Crippen LogP contribution >= 0.6 is 0 Å². The Kier molecular flexibility index (Phi) is 6.07. The highest BCUT2D eigenvalue weighted by atomic mass is 16.6. The molecule has 178 valence electrons. The first-order valence-corrected chi connectivity index (χ1v) is 11.5. The van der Waals surface area contributed by atoms with E-state index in [0.29, 0.717) is 37.6 Å². The Balaban J connectivity index is 1.32. The number of hydrogen-bond donors (Lipinski definition) is 2. The fraction of sp³-hybridized carbons (Fsp3) is 0.583. The second-order valence-electron chi connectivity index (χ2n) is 10.3. The molecule has 33 heavy (non-hydrogen) atoms. The molecule has 3 aliphatic rings. The van der Waals surface area contributed by atoms with Crippen molar-refractivity contribution in [2.45, 2.75) is 58.5 Å². The number of anilines is 1. The van der Waals surface area contributed by atoms with E-state index < -0.39 is 17.5 Å². The van der Waals surface area contributed by atoms with E-state index in [0.717, 1.165) is 23.3 Å². The molecule has 2 aliphatic heterocycles. The summed E-state index contributed by atoms with van der Waals surface area (Å²) in [4.78, 5) is 52.5. The average Bonchev–Trinajstić information content (AvgIpc) is 3.29. The van der Waals surface area contributed by atoms with Crippen LogP contribution in [0.25, 0.3) is 0 Å². The number of amides is 5. The highest BCUT2D eigenvalue weighted by molar-refractivity contribution is 6.09. The summed E-state index contributed by atoms with van der Waals surface area (Å²) in [6, 6.07) is 6.75. The fourth-order valence-electron chi connectivity index (χ4n) is 5.00. The number of benzene rings is 1. The maximum atomic E-state index is 13.1. The van der Waals surface area contributed by atoms with Gasteiger partial charge in [-0.15, -0.1) is 0 Å². The quantitative estimate of drug-likeness (QED) is 0.663. The number of nitrogens with one attached hydrogen (secondary N) is 2. The molecule has 0 radical (unpaired) electrons. The summed E-state index contributed by atoms with van der Waals surface area (Å²) in [5.74, 6) is -0.210. The minimum absolute atomic E-state index is 0.166. The predicted octanol–water partition coefficient (Wildman–Crippen LogP) is 2.79. The van der Waals surface area contributed by atoms with Crippen LogP contribution < -0.4 is 15.5 Å². The summed E-state index contributed by atoms with van der Waals surface area (Å²) >= 11 is 0. The Morgan fingerprint density at radius 3 is 2.58 bits per heavy atom. The minimum Gasteiger partial charge on any atom is -0.447 e. The Bertz CT molecular complexity index is 962. The molecular weight excluding hydrogens is 424 g/mol. The van der Waals surface area contributed by atoms with E-state index in [-0.39, 0.29) is 30.5 Å². The third-order valence-electron chi connectivity index (χ3n) is 7.08. The SMILES string of the molecule is CC(C)(C)C1CCC2(CC1)NC(=O)N(CC(=O)NCc1cccc(N3CCOC3=O)c1)C2=O. The zero-order valence-electron chi connectivity index (χ0n) is 19.5. The molecule has 1 spiro atoms. The molecule has 0 aromatic heterocycles. The number of carbonyl (C=O) groups excluding carboxylic acids is 4. The number of urea groups is 1. The molecule has 5 amide bonds. The molecule has 2 heterocycles. The van der Waals surface area contributed by atoms with Gasteiger partial charge in [0.15, 0.2) is 0 Å². The maximum Gasteiger partial charge on any atom is 0.414 e. The molecule has 1 aromatic rings. The van der Waals surface area contributed by atoms with E-state index in [1.54, 1.807) is 12.1 Å². The smallest absolute Gasteiger partial charge is 0.414 e. The first-order chi connectivity index (χ1) is 15.6. The molecule has 1 aliphatic carbocycles. The summed E-state index contributed by atoms with van der Waals surface area (Å²) < 4.78 is 4.96. The van der Waals surface area contributed by atoms with Gasteiger partial charge in [-0.1, -0.05) is 32.9 Å². The van der Waals surface area contributed by atoms with Crippen LogP contribution in [-0.2, 0) is 20.9 Å². The van der Waals surface area contributed by atoms with Gasteiger partial charge in [0.1, 0.15) is 18.7 Å². The Morgan fingerprint density at radius 2 is 1.94 bits per heavy atom. The molecule has 4 rings (SSSR count). The van der Waals surface area contributed by atoms with Crippen LogP contribution in [0.3, 0.4) is 0 Å². The van der Waals surface area contributed by atoms with Crippen LogP contribution in [0, 0.1) is 11.3 Å². The van der Waals surface area contributed by atoms with E-state index in [1.165, 1.54) is 4.90 Å². The number of cyclic esters (lactones) is 1. The lowest BCUT2D eigenvalue weighted by Gasteiger charge is -2.40. The lowest BCUT2D eigenvalue weighted by molar-refractivity contribution is -0.136. The number of rotatable bonds is 5. The van der Waals surface area contributed by atoms with Gasteiger partial charge < -0.3 is 15.4 Å². The van der Waals surface area contributed by atoms with Crippen molar-refractivity contribution in [2.24, 2.45) is 11.3 Å². The van der Waals surface area contributed by atoms with Gasteiger partial charge in [-0.2, -0.15) is 0 Å². The normalized spacial score (nSPS) is 25.4. The van der Waals surface area contributed by atoms with Gasteiger partial charge in [0.05, 0.1) is 6.54 Å². The van der Waals surface area contributed by atoms with Gasteiger partial charge in [-0.05, 0) is 54.7 Å². The van der Waals surface area contributed by atoms with Crippen LogP contribution in [-0.4, -0.2) is 54.1 Å². The minimum atomic E-state index is -0.877. The maximum absolute atomic E-state index is 13.1. The Morgan fingerprint density at radius 1 is 1.21 bits per heavy atom. The van der Waals surface area contributed by atoms with Crippen molar-refractivity contribution in [3.05, 3.63) is 29.8 Å².